The molecule has 2 aromatic carbocycles. The lowest BCUT2D eigenvalue weighted by atomic mass is 10.1. The number of aromatic hydroxyl groups is 1. The Hall–Kier alpha value is -2.91. The minimum atomic E-state index is -1.71. The molecule has 2 N–H and O–H groups in total. The highest BCUT2D eigenvalue weighted by molar-refractivity contribution is 7.91. The molecule has 1 heterocycles. The highest BCUT2D eigenvalue weighted by atomic mass is 32.2. The summed E-state index contributed by atoms with van der Waals surface area (Å²) in [6.07, 6.45) is 3.03. The third kappa shape index (κ3) is 2.91. The number of benzene rings is 2. The second kappa shape index (κ2) is 7.14. The van der Waals surface area contributed by atoms with Crippen LogP contribution < -0.4 is 14.2 Å². The Labute approximate surface area is 151 Å². The molecule has 0 aliphatic rings. The molecule has 8 nitrogen and oxygen atoms in total. The van der Waals surface area contributed by atoms with Crippen molar-refractivity contribution >= 4 is 27.9 Å². The van der Waals surface area contributed by atoms with E-state index in [1.165, 1.54) is 27.3 Å². The van der Waals surface area contributed by atoms with E-state index in [1.54, 1.807) is 24.4 Å². The smallest absolute Gasteiger partial charge is 0.326 e. The van der Waals surface area contributed by atoms with Crippen molar-refractivity contribution in [2.75, 3.05) is 14.2 Å². The van der Waals surface area contributed by atoms with Gasteiger partial charge in [0.05, 0.1) is 30.8 Å². The minimum absolute atomic E-state index is 0.0113. The second-order valence-corrected chi connectivity index (χ2v) is 6.54. The zero-order valence-electron chi connectivity index (χ0n) is 14.2. The molecule has 0 saturated heterocycles. The summed E-state index contributed by atoms with van der Waals surface area (Å²) in [5.74, 6) is -0.765. The lowest BCUT2D eigenvalue weighted by Crippen LogP contribution is -2.09. The maximum absolute atomic E-state index is 12.9. The predicted molar refractivity (Wildman–Crippen MR) is 93.3 cm³/mol. The monoisotopic (exact) mass is 376 g/mol. The number of H-pyrrole nitrogens is 1. The maximum atomic E-state index is 12.9. The number of hydrogen-bond donors (Lipinski definition) is 2. The number of phenolic OH excluding ortho intramolecular Hbond substituents is 1. The number of hydrogen-bond acceptors (Lipinski definition) is 7. The van der Waals surface area contributed by atoms with Gasteiger partial charge in [-0.2, -0.15) is 4.98 Å². The van der Waals surface area contributed by atoms with Gasteiger partial charge < -0.3 is 28.9 Å². The Morgan fingerprint density at radius 1 is 1.23 bits per heavy atom. The first-order valence-corrected chi connectivity index (χ1v) is 8.63. The van der Waals surface area contributed by atoms with E-state index in [4.69, 9.17) is 14.2 Å². The number of esters is 1. The van der Waals surface area contributed by atoms with Crippen LogP contribution in [0.2, 0.25) is 0 Å². The van der Waals surface area contributed by atoms with Gasteiger partial charge in [0.15, 0.2) is 16.4 Å². The van der Waals surface area contributed by atoms with E-state index in [9.17, 15) is 14.5 Å². The van der Waals surface area contributed by atoms with Gasteiger partial charge in [-0.25, -0.2) is 0 Å². The Balaban J connectivity index is 2.40. The van der Waals surface area contributed by atoms with Crippen LogP contribution in [-0.4, -0.2) is 39.8 Å². The average molecular weight is 376 g/mol. The molecule has 9 heteroatoms. The number of nitrogens with zero attached hydrogens (tertiary/aromatic N) is 1. The van der Waals surface area contributed by atoms with Crippen LogP contribution in [0.15, 0.2) is 40.6 Å². The molecule has 1 aromatic heterocycles. The highest BCUT2D eigenvalue weighted by Crippen LogP contribution is 2.52. The number of carbonyl (C=O) groups is 1. The largest absolute Gasteiger partial charge is 0.604 e. The van der Waals surface area contributed by atoms with Gasteiger partial charge in [0.25, 0.3) is 0 Å². The van der Waals surface area contributed by atoms with Crippen LogP contribution in [0.3, 0.4) is 0 Å². The van der Waals surface area contributed by atoms with Crippen molar-refractivity contribution < 1.29 is 28.7 Å². The van der Waals surface area contributed by atoms with Crippen molar-refractivity contribution in [1.82, 2.24) is 9.97 Å². The van der Waals surface area contributed by atoms with Crippen LogP contribution in [0, 0.1) is 0 Å². The molecule has 136 valence electrons. The number of imidazole rings is 1. The van der Waals surface area contributed by atoms with Crippen molar-refractivity contribution in [1.29, 1.82) is 0 Å². The van der Waals surface area contributed by atoms with E-state index in [2.05, 4.69) is 9.97 Å². The van der Waals surface area contributed by atoms with Gasteiger partial charge in [0.1, 0.15) is 0 Å². The quantitative estimate of drug-likeness (QED) is 0.399. The van der Waals surface area contributed by atoms with Gasteiger partial charge in [-0.1, -0.05) is 6.07 Å². The second-order valence-electron chi connectivity index (χ2n) is 5.18. The number of aromatic nitrogens is 2. The number of rotatable bonds is 5. The fourth-order valence-electron chi connectivity index (χ4n) is 2.64. The third-order valence-electron chi connectivity index (χ3n) is 3.64. The summed E-state index contributed by atoms with van der Waals surface area (Å²) in [5, 5.41) is 11.4. The molecule has 1 unspecified atom stereocenters. The molecule has 0 saturated carbocycles. The SMILES string of the molecule is COc1c(OC)c(OC(C)=O)c2c([S+]([O-])c3ncc[nH]3)cccc2c1O. The average Bonchev–Trinajstić information content (AvgIpc) is 3.16. The van der Waals surface area contributed by atoms with Gasteiger partial charge in [-0.15, -0.1) is 0 Å². The van der Waals surface area contributed by atoms with E-state index in [0.29, 0.717) is 10.3 Å². The van der Waals surface area contributed by atoms with E-state index < -0.39 is 17.1 Å². The number of fused-ring (bicyclic) bond motifs is 1. The lowest BCUT2D eigenvalue weighted by Gasteiger charge is -2.18. The van der Waals surface area contributed by atoms with Crippen molar-refractivity contribution in [3.8, 4) is 23.0 Å². The number of ether oxygens (including phenoxy) is 3. The summed E-state index contributed by atoms with van der Waals surface area (Å²) in [7, 11) is 2.70. The van der Waals surface area contributed by atoms with Gasteiger partial charge in [0, 0.05) is 24.7 Å². The van der Waals surface area contributed by atoms with Gasteiger partial charge in [-0.3, -0.25) is 4.79 Å². The van der Waals surface area contributed by atoms with Crippen LogP contribution in [0.1, 0.15) is 6.92 Å². The van der Waals surface area contributed by atoms with Crippen molar-refractivity contribution in [3.63, 3.8) is 0 Å². The van der Waals surface area contributed by atoms with E-state index in [1.807, 2.05) is 0 Å². The van der Waals surface area contributed by atoms with Gasteiger partial charge in [0.2, 0.25) is 11.5 Å². The van der Waals surface area contributed by atoms with Gasteiger partial charge in [-0.05, 0) is 12.1 Å². The molecular weight excluding hydrogens is 360 g/mol. The molecule has 0 amide bonds. The summed E-state index contributed by atoms with van der Waals surface area (Å²) in [5.41, 5.74) is 0. The highest BCUT2D eigenvalue weighted by Gasteiger charge is 2.30. The Morgan fingerprint density at radius 2 is 1.96 bits per heavy atom. The van der Waals surface area contributed by atoms with Crippen molar-refractivity contribution in [2.24, 2.45) is 0 Å². The van der Waals surface area contributed by atoms with Crippen LogP contribution in [0.5, 0.6) is 23.0 Å². The lowest BCUT2D eigenvalue weighted by molar-refractivity contribution is -0.131. The molecule has 0 bridgehead atoms. The fourth-order valence-corrected chi connectivity index (χ4v) is 3.77. The number of nitrogens with one attached hydrogen (secondary N) is 1. The fraction of sp³-hybridized carbons (Fsp3) is 0.176. The minimum Gasteiger partial charge on any atom is -0.604 e. The summed E-state index contributed by atoms with van der Waals surface area (Å²) in [4.78, 5) is 18.7. The summed E-state index contributed by atoms with van der Waals surface area (Å²) >= 11 is -1.71. The number of phenols is 1. The zero-order valence-corrected chi connectivity index (χ0v) is 15.0. The molecule has 3 aromatic rings. The zero-order chi connectivity index (χ0) is 18.8. The normalized spacial score (nSPS) is 12.0. The van der Waals surface area contributed by atoms with Crippen LogP contribution in [0.4, 0.5) is 0 Å². The van der Waals surface area contributed by atoms with Crippen molar-refractivity contribution in [3.05, 3.63) is 30.6 Å². The Morgan fingerprint density at radius 3 is 2.54 bits per heavy atom. The van der Waals surface area contributed by atoms with E-state index >= 15 is 0 Å². The summed E-state index contributed by atoms with van der Waals surface area (Å²) in [6, 6.07) is 4.82. The topological polar surface area (TPSA) is 117 Å². The third-order valence-corrected chi connectivity index (χ3v) is 4.95. The molecule has 0 aliphatic heterocycles. The first-order chi connectivity index (χ1) is 12.5. The standard InChI is InChI=1S/C17H16N2O6S/c1-9(20)25-14-12-10(13(21)15(23-2)16(14)24-3)5-4-6-11(12)26(22)17-18-7-8-19-17/h4-8,21H,1-3H3,(H,18,19). The molecule has 0 spiro atoms. The number of methoxy groups -OCH3 is 2. The van der Waals surface area contributed by atoms with Crippen LogP contribution >= 0.6 is 0 Å². The van der Waals surface area contributed by atoms with E-state index in [-0.39, 0.29) is 33.5 Å². The molecule has 26 heavy (non-hydrogen) atoms. The molecule has 0 aliphatic carbocycles. The molecule has 0 fully saturated rings. The molecule has 3 rings (SSSR count). The molecule has 0 radical (unpaired) electrons. The van der Waals surface area contributed by atoms with E-state index in [0.717, 1.165) is 0 Å². The molecular formula is C17H16N2O6S. The summed E-state index contributed by atoms with van der Waals surface area (Å²) < 4.78 is 28.8. The maximum Gasteiger partial charge on any atom is 0.326 e. The van der Waals surface area contributed by atoms with Crippen LogP contribution in [0.25, 0.3) is 10.8 Å². The number of aromatic amines is 1. The molecule has 1 atom stereocenters. The Bertz CT molecular complexity index is 958. The predicted octanol–water partition coefficient (Wildman–Crippen LogP) is 2.38. The van der Waals surface area contributed by atoms with Crippen molar-refractivity contribution in [2.45, 2.75) is 17.0 Å². The first kappa shape index (κ1) is 17.9. The summed E-state index contributed by atoms with van der Waals surface area (Å²) in [6.45, 7) is 1.23. The first-order valence-electron chi connectivity index (χ1n) is 7.48. The number of carbonyl (C=O) groups excluding carboxylic acids is 1. The Kier molecular flexibility index (Phi) is 4.92. The van der Waals surface area contributed by atoms with Gasteiger partial charge >= 0.3 is 11.1 Å². The van der Waals surface area contributed by atoms with Crippen LogP contribution in [-0.2, 0) is 16.0 Å².